The Morgan fingerprint density at radius 3 is 2.62 bits per heavy atom. The highest BCUT2D eigenvalue weighted by molar-refractivity contribution is 6.10. The van der Waals surface area contributed by atoms with Crippen LogP contribution in [-0.4, -0.2) is 23.9 Å². The van der Waals surface area contributed by atoms with Crippen LogP contribution in [0.5, 0.6) is 5.75 Å². The zero-order chi connectivity index (χ0) is 18.7. The number of fused-ring (bicyclic) bond motifs is 1. The van der Waals surface area contributed by atoms with E-state index >= 15 is 0 Å². The second kappa shape index (κ2) is 7.37. The predicted molar refractivity (Wildman–Crippen MR) is 98.9 cm³/mol. The molecule has 0 radical (unpaired) electrons. The van der Waals surface area contributed by atoms with E-state index in [1.54, 1.807) is 6.08 Å². The van der Waals surface area contributed by atoms with Crippen LogP contribution < -0.4 is 15.4 Å². The van der Waals surface area contributed by atoms with Crippen molar-refractivity contribution in [2.24, 2.45) is 5.73 Å². The molecular formula is C19H19N3O4. The Balaban J connectivity index is 2.02. The summed E-state index contributed by atoms with van der Waals surface area (Å²) in [7, 11) is 0. The summed E-state index contributed by atoms with van der Waals surface area (Å²) in [4.78, 5) is 24.9. The van der Waals surface area contributed by atoms with Crippen LogP contribution in [0.25, 0.3) is 6.08 Å². The van der Waals surface area contributed by atoms with E-state index in [2.05, 4.69) is 0 Å². The van der Waals surface area contributed by atoms with Gasteiger partial charge in [0.2, 0.25) is 0 Å². The molecule has 0 aliphatic carbocycles. The maximum atomic E-state index is 12.9. The lowest BCUT2D eigenvalue weighted by atomic mass is 10.1. The van der Waals surface area contributed by atoms with Crippen molar-refractivity contribution in [2.45, 2.75) is 13.3 Å². The Bertz CT molecular complexity index is 875. The lowest BCUT2D eigenvalue weighted by molar-refractivity contribution is -0.384. The van der Waals surface area contributed by atoms with Gasteiger partial charge in [0.15, 0.2) is 11.5 Å². The van der Waals surface area contributed by atoms with Gasteiger partial charge >= 0.3 is 0 Å². The lowest BCUT2D eigenvalue weighted by Crippen LogP contribution is -2.38. The number of amides is 1. The van der Waals surface area contributed by atoms with E-state index in [-0.39, 0.29) is 17.4 Å². The van der Waals surface area contributed by atoms with Gasteiger partial charge in [0.25, 0.3) is 11.6 Å². The number of hydrogen-bond acceptors (Lipinski definition) is 5. The van der Waals surface area contributed by atoms with E-state index in [1.165, 1.54) is 23.1 Å². The molecule has 3 rings (SSSR count). The average Bonchev–Trinajstić information content (AvgIpc) is 2.63. The first kappa shape index (κ1) is 17.6. The predicted octanol–water partition coefficient (Wildman–Crippen LogP) is 3.02. The minimum Gasteiger partial charge on any atom is -0.449 e. The van der Waals surface area contributed by atoms with Gasteiger partial charge in [-0.25, -0.2) is 0 Å². The summed E-state index contributed by atoms with van der Waals surface area (Å²) < 4.78 is 5.74. The molecule has 1 aliphatic rings. The average molecular weight is 353 g/mol. The zero-order valence-corrected chi connectivity index (χ0v) is 14.3. The van der Waals surface area contributed by atoms with Gasteiger partial charge in [-0.2, -0.15) is 0 Å². The van der Waals surface area contributed by atoms with Gasteiger partial charge in [0.05, 0.1) is 10.6 Å². The number of carbonyl (C=O) groups is 1. The van der Waals surface area contributed by atoms with Crippen LogP contribution >= 0.6 is 0 Å². The number of hydrogen-bond donors (Lipinski definition) is 1. The number of nitro groups is 1. The van der Waals surface area contributed by atoms with Gasteiger partial charge in [-0.1, -0.05) is 29.8 Å². The summed E-state index contributed by atoms with van der Waals surface area (Å²) in [5.41, 5.74) is 7.82. The third-order valence-electron chi connectivity index (χ3n) is 4.08. The molecule has 1 aliphatic heterocycles. The fourth-order valence-corrected chi connectivity index (χ4v) is 2.70. The first-order chi connectivity index (χ1) is 12.5. The number of ether oxygens (including phenoxy) is 1. The Kier molecular flexibility index (Phi) is 4.99. The van der Waals surface area contributed by atoms with E-state index in [0.29, 0.717) is 30.9 Å². The molecule has 0 unspecified atom stereocenters. The van der Waals surface area contributed by atoms with Crippen molar-refractivity contribution in [3.05, 3.63) is 69.5 Å². The molecule has 2 aromatic carbocycles. The monoisotopic (exact) mass is 353 g/mol. The molecule has 0 bridgehead atoms. The van der Waals surface area contributed by atoms with Crippen LogP contribution in [-0.2, 0) is 4.79 Å². The number of aryl methyl sites for hydroxylation is 1. The highest BCUT2D eigenvalue weighted by Gasteiger charge is 2.31. The third kappa shape index (κ3) is 3.57. The molecule has 0 atom stereocenters. The second-order valence-corrected chi connectivity index (χ2v) is 6.03. The molecule has 7 heteroatoms. The molecule has 1 heterocycles. The number of anilines is 1. The van der Waals surface area contributed by atoms with Gasteiger partial charge in [0.1, 0.15) is 0 Å². The minimum absolute atomic E-state index is 0.0936. The Morgan fingerprint density at radius 1 is 1.23 bits per heavy atom. The summed E-state index contributed by atoms with van der Waals surface area (Å²) in [6.07, 6.45) is 2.24. The van der Waals surface area contributed by atoms with E-state index in [0.717, 1.165) is 11.1 Å². The molecule has 7 nitrogen and oxygen atoms in total. The molecule has 1 amide bonds. The normalized spacial score (nSPS) is 14.9. The highest BCUT2D eigenvalue weighted by atomic mass is 16.6. The Morgan fingerprint density at radius 2 is 1.96 bits per heavy atom. The van der Waals surface area contributed by atoms with Crippen molar-refractivity contribution in [3.8, 4) is 5.75 Å². The smallest absolute Gasteiger partial charge is 0.294 e. The van der Waals surface area contributed by atoms with Gasteiger partial charge in [-0.05, 0) is 37.6 Å². The molecular weight excluding hydrogens is 334 g/mol. The molecule has 0 aromatic heterocycles. The quantitative estimate of drug-likeness (QED) is 0.506. The molecule has 134 valence electrons. The van der Waals surface area contributed by atoms with Crippen LogP contribution in [0.4, 0.5) is 11.4 Å². The second-order valence-electron chi connectivity index (χ2n) is 6.03. The summed E-state index contributed by atoms with van der Waals surface area (Å²) in [6, 6.07) is 11.9. The SMILES string of the molecule is Cc1ccc(/C=C2/Oc3ccc([N+](=O)[O-])cc3N(CCCN)C2=O)cc1. The fraction of sp³-hybridized carbons (Fsp3) is 0.211. The van der Waals surface area contributed by atoms with Crippen molar-refractivity contribution in [1.29, 1.82) is 0 Å². The van der Waals surface area contributed by atoms with E-state index in [4.69, 9.17) is 10.5 Å². The van der Waals surface area contributed by atoms with Crippen molar-refractivity contribution in [3.63, 3.8) is 0 Å². The van der Waals surface area contributed by atoms with E-state index < -0.39 is 4.92 Å². The molecule has 0 spiro atoms. The van der Waals surface area contributed by atoms with Gasteiger partial charge in [0, 0.05) is 18.7 Å². The van der Waals surface area contributed by atoms with Crippen molar-refractivity contribution in [2.75, 3.05) is 18.0 Å². The summed E-state index contributed by atoms with van der Waals surface area (Å²) in [5.74, 6) is 0.241. The van der Waals surface area contributed by atoms with Gasteiger partial charge in [-0.15, -0.1) is 0 Å². The van der Waals surface area contributed by atoms with Crippen LogP contribution in [0.3, 0.4) is 0 Å². The summed E-state index contributed by atoms with van der Waals surface area (Å²) in [6.45, 7) is 2.75. The van der Waals surface area contributed by atoms with Gasteiger partial charge < -0.3 is 15.4 Å². The number of nitrogens with two attached hydrogens (primary N) is 1. The standard InChI is InChI=1S/C19H19N3O4/c1-13-3-5-14(6-4-13)11-18-19(23)21(10-2-9-20)16-12-15(22(24)25)7-8-17(16)26-18/h3-8,11-12H,2,9-10,20H2,1H3/b18-11+. The van der Waals surface area contributed by atoms with Gasteiger partial charge in [-0.3, -0.25) is 14.9 Å². The summed E-state index contributed by atoms with van der Waals surface area (Å²) >= 11 is 0. The number of carbonyl (C=O) groups excluding carboxylic acids is 1. The maximum absolute atomic E-state index is 12.9. The third-order valence-corrected chi connectivity index (χ3v) is 4.08. The minimum atomic E-state index is -0.497. The van der Waals surface area contributed by atoms with Crippen LogP contribution in [0.15, 0.2) is 48.2 Å². The van der Waals surface area contributed by atoms with Crippen LogP contribution in [0.2, 0.25) is 0 Å². The molecule has 2 N–H and O–H groups in total. The highest BCUT2D eigenvalue weighted by Crippen LogP contribution is 2.38. The topological polar surface area (TPSA) is 98.7 Å². The lowest BCUT2D eigenvalue weighted by Gasteiger charge is -2.30. The summed E-state index contributed by atoms with van der Waals surface area (Å²) in [5, 5.41) is 11.1. The molecule has 0 saturated carbocycles. The first-order valence-corrected chi connectivity index (χ1v) is 8.26. The van der Waals surface area contributed by atoms with E-state index in [9.17, 15) is 14.9 Å². The Labute approximate surface area is 150 Å². The first-order valence-electron chi connectivity index (χ1n) is 8.26. The van der Waals surface area contributed by atoms with Crippen molar-refractivity contribution in [1.82, 2.24) is 0 Å². The largest absolute Gasteiger partial charge is 0.449 e. The molecule has 0 fully saturated rings. The molecule has 26 heavy (non-hydrogen) atoms. The maximum Gasteiger partial charge on any atom is 0.294 e. The van der Waals surface area contributed by atoms with Crippen molar-refractivity contribution < 1.29 is 14.5 Å². The van der Waals surface area contributed by atoms with Crippen LogP contribution in [0, 0.1) is 17.0 Å². The number of nitrogens with zero attached hydrogens (tertiary/aromatic N) is 2. The number of non-ortho nitro benzene ring substituents is 1. The van der Waals surface area contributed by atoms with Crippen molar-refractivity contribution >= 4 is 23.4 Å². The number of nitro benzene ring substituents is 1. The number of rotatable bonds is 5. The Hall–Kier alpha value is -3.19. The fourth-order valence-electron chi connectivity index (χ4n) is 2.70. The molecule has 0 saturated heterocycles. The zero-order valence-electron chi connectivity index (χ0n) is 14.3. The molecule has 2 aromatic rings. The number of benzene rings is 2. The van der Waals surface area contributed by atoms with Crippen LogP contribution in [0.1, 0.15) is 17.5 Å². The van der Waals surface area contributed by atoms with E-state index in [1.807, 2.05) is 31.2 Å².